The first-order chi connectivity index (χ1) is 9.78. The molecule has 2 aromatic heterocycles. The van der Waals surface area contributed by atoms with Crippen LogP contribution < -0.4 is 0 Å². The molecule has 0 N–H and O–H groups in total. The van der Waals surface area contributed by atoms with Crippen molar-refractivity contribution in [2.45, 2.75) is 38.3 Å². The molecule has 2 aliphatic rings. The van der Waals surface area contributed by atoms with E-state index >= 15 is 0 Å². The number of hydrogen-bond donors (Lipinski definition) is 0. The third-order valence-corrected chi connectivity index (χ3v) is 4.12. The summed E-state index contributed by atoms with van der Waals surface area (Å²) >= 11 is 0. The maximum Gasteiger partial charge on any atom is 0.131 e. The van der Waals surface area contributed by atoms with E-state index in [2.05, 4.69) is 21.1 Å². The highest BCUT2D eigenvalue weighted by molar-refractivity contribution is 5.22. The van der Waals surface area contributed by atoms with E-state index in [1.54, 1.807) is 0 Å². The SMILES string of the molecule is Cn1cnc(CN2CCc3nc(C4CC4)ncc3C2)c1. The maximum absolute atomic E-state index is 4.76. The highest BCUT2D eigenvalue weighted by Gasteiger charge is 2.28. The van der Waals surface area contributed by atoms with Crippen molar-refractivity contribution < 1.29 is 0 Å². The molecule has 0 atom stereocenters. The smallest absolute Gasteiger partial charge is 0.131 e. The number of imidazole rings is 1. The first-order valence-electron chi connectivity index (χ1n) is 7.32. The van der Waals surface area contributed by atoms with Crippen molar-refractivity contribution in [3.63, 3.8) is 0 Å². The van der Waals surface area contributed by atoms with Crippen molar-refractivity contribution in [3.05, 3.63) is 41.5 Å². The lowest BCUT2D eigenvalue weighted by Gasteiger charge is -2.27. The summed E-state index contributed by atoms with van der Waals surface area (Å²) in [5, 5.41) is 0. The Morgan fingerprint density at radius 1 is 1.30 bits per heavy atom. The molecule has 1 aliphatic carbocycles. The van der Waals surface area contributed by atoms with Gasteiger partial charge in [-0.3, -0.25) is 4.90 Å². The lowest BCUT2D eigenvalue weighted by atomic mass is 10.1. The van der Waals surface area contributed by atoms with E-state index in [-0.39, 0.29) is 0 Å². The molecule has 20 heavy (non-hydrogen) atoms. The summed E-state index contributed by atoms with van der Waals surface area (Å²) in [5.41, 5.74) is 3.68. The van der Waals surface area contributed by atoms with Crippen molar-refractivity contribution in [2.24, 2.45) is 7.05 Å². The van der Waals surface area contributed by atoms with Crippen LogP contribution in [0.4, 0.5) is 0 Å². The Morgan fingerprint density at radius 3 is 2.95 bits per heavy atom. The molecule has 0 amide bonds. The van der Waals surface area contributed by atoms with Crippen molar-refractivity contribution >= 4 is 0 Å². The number of aromatic nitrogens is 4. The van der Waals surface area contributed by atoms with Crippen LogP contribution in [-0.2, 0) is 26.6 Å². The van der Waals surface area contributed by atoms with Gasteiger partial charge in [-0.25, -0.2) is 15.0 Å². The minimum atomic E-state index is 0.645. The van der Waals surface area contributed by atoms with Gasteiger partial charge in [0, 0.05) is 62.7 Å². The number of rotatable bonds is 3. The quantitative estimate of drug-likeness (QED) is 0.850. The van der Waals surface area contributed by atoms with E-state index in [0.29, 0.717) is 5.92 Å². The standard InChI is InChI=1S/C15H19N5/c1-19-8-13(17-10-19)9-20-5-4-14-12(7-20)6-16-15(18-14)11-2-3-11/h6,8,10-11H,2-5,7,9H2,1H3. The van der Waals surface area contributed by atoms with E-state index in [4.69, 9.17) is 4.98 Å². The molecular weight excluding hydrogens is 250 g/mol. The second-order valence-electron chi connectivity index (χ2n) is 5.97. The fourth-order valence-corrected chi connectivity index (χ4v) is 2.84. The largest absolute Gasteiger partial charge is 0.340 e. The Kier molecular flexibility index (Phi) is 2.80. The third kappa shape index (κ3) is 2.33. The average molecular weight is 269 g/mol. The van der Waals surface area contributed by atoms with Crippen LogP contribution in [0.3, 0.4) is 0 Å². The van der Waals surface area contributed by atoms with E-state index in [1.807, 2.05) is 24.1 Å². The van der Waals surface area contributed by atoms with E-state index in [0.717, 1.165) is 37.6 Å². The van der Waals surface area contributed by atoms with Crippen molar-refractivity contribution in [3.8, 4) is 0 Å². The van der Waals surface area contributed by atoms with Crippen LogP contribution in [-0.4, -0.2) is 31.0 Å². The van der Waals surface area contributed by atoms with Gasteiger partial charge in [-0.15, -0.1) is 0 Å². The number of nitrogens with zero attached hydrogens (tertiary/aromatic N) is 5. The van der Waals surface area contributed by atoms with Gasteiger partial charge < -0.3 is 4.57 Å². The molecule has 0 radical (unpaired) electrons. The van der Waals surface area contributed by atoms with Gasteiger partial charge in [0.05, 0.1) is 12.0 Å². The molecule has 104 valence electrons. The molecule has 1 aliphatic heterocycles. The summed E-state index contributed by atoms with van der Waals surface area (Å²) in [7, 11) is 2.01. The zero-order valence-electron chi connectivity index (χ0n) is 11.8. The molecule has 3 heterocycles. The fraction of sp³-hybridized carbons (Fsp3) is 0.533. The van der Waals surface area contributed by atoms with Gasteiger partial charge in [-0.05, 0) is 12.8 Å². The number of fused-ring (bicyclic) bond motifs is 1. The van der Waals surface area contributed by atoms with Crippen LogP contribution in [0, 0.1) is 0 Å². The van der Waals surface area contributed by atoms with Gasteiger partial charge in [-0.2, -0.15) is 0 Å². The minimum absolute atomic E-state index is 0.645. The van der Waals surface area contributed by atoms with Crippen molar-refractivity contribution in [1.29, 1.82) is 0 Å². The Hall–Kier alpha value is -1.75. The molecule has 0 unspecified atom stereocenters. The Labute approximate surface area is 118 Å². The summed E-state index contributed by atoms with van der Waals surface area (Å²) in [6, 6.07) is 0. The summed E-state index contributed by atoms with van der Waals surface area (Å²) < 4.78 is 2.00. The van der Waals surface area contributed by atoms with Gasteiger partial charge in [0.2, 0.25) is 0 Å². The Balaban J connectivity index is 1.48. The topological polar surface area (TPSA) is 46.8 Å². The molecular formula is C15H19N5. The molecule has 5 heteroatoms. The van der Waals surface area contributed by atoms with E-state index in [9.17, 15) is 0 Å². The number of hydrogen-bond acceptors (Lipinski definition) is 4. The second kappa shape index (κ2) is 4.66. The Bertz CT molecular complexity index is 629. The maximum atomic E-state index is 4.76. The van der Waals surface area contributed by atoms with Crippen molar-refractivity contribution in [2.75, 3.05) is 6.54 Å². The van der Waals surface area contributed by atoms with Crippen LogP contribution in [0.15, 0.2) is 18.7 Å². The molecule has 4 rings (SSSR count). The molecule has 5 nitrogen and oxygen atoms in total. The predicted molar refractivity (Wildman–Crippen MR) is 75.0 cm³/mol. The molecule has 0 saturated heterocycles. The average Bonchev–Trinajstić information content (AvgIpc) is 3.22. The first-order valence-corrected chi connectivity index (χ1v) is 7.32. The van der Waals surface area contributed by atoms with Gasteiger partial charge in [-0.1, -0.05) is 0 Å². The Morgan fingerprint density at radius 2 is 2.20 bits per heavy atom. The lowest BCUT2D eigenvalue weighted by Crippen LogP contribution is -2.31. The van der Waals surface area contributed by atoms with Crippen LogP contribution in [0.1, 0.15) is 41.5 Å². The predicted octanol–water partition coefficient (Wildman–Crippen LogP) is 1.65. The zero-order chi connectivity index (χ0) is 13.5. The van der Waals surface area contributed by atoms with Crippen LogP contribution in [0.2, 0.25) is 0 Å². The molecule has 1 saturated carbocycles. The van der Waals surface area contributed by atoms with E-state index in [1.165, 1.54) is 24.1 Å². The van der Waals surface area contributed by atoms with Crippen LogP contribution in [0.5, 0.6) is 0 Å². The first kappa shape index (κ1) is 12.0. The number of aryl methyl sites for hydroxylation is 1. The van der Waals surface area contributed by atoms with Gasteiger partial charge >= 0.3 is 0 Å². The summed E-state index contributed by atoms with van der Waals surface area (Å²) in [5.74, 6) is 1.72. The second-order valence-corrected chi connectivity index (χ2v) is 5.97. The molecule has 0 bridgehead atoms. The molecule has 0 aromatic carbocycles. The van der Waals surface area contributed by atoms with Gasteiger partial charge in [0.25, 0.3) is 0 Å². The van der Waals surface area contributed by atoms with Crippen molar-refractivity contribution in [1.82, 2.24) is 24.4 Å². The fourth-order valence-electron chi connectivity index (χ4n) is 2.84. The monoisotopic (exact) mass is 269 g/mol. The summed E-state index contributed by atoms with van der Waals surface area (Å²) in [6.07, 6.45) is 9.56. The summed E-state index contributed by atoms with van der Waals surface area (Å²) in [6.45, 7) is 2.91. The van der Waals surface area contributed by atoms with E-state index < -0.39 is 0 Å². The molecule has 0 spiro atoms. The normalized spacial score (nSPS) is 19.1. The lowest BCUT2D eigenvalue weighted by molar-refractivity contribution is 0.240. The summed E-state index contributed by atoms with van der Waals surface area (Å²) in [4.78, 5) is 16.1. The highest BCUT2D eigenvalue weighted by atomic mass is 15.2. The zero-order valence-corrected chi connectivity index (χ0v) is 11.8. The minimum Gasteiger partial charge on any atom is -0.340 e. The highest BCUT2D eigenvalue weighted by Crippen LogP contribution is 2.38. The van der Waals surface area contributed by atoms with Crippen LogP contribution in [0.25, 0.3) is 0 Å². The van der Waals surface area contributed by atoms with Gasteiger partial charge in [0.1, 0.15) is 5.82 Å². The molecule has 2 aromatic rings. The third-order valence-electron chi connectivity index (χ3n) is 4.12. The van der Waals surface area contributed by atoms with Crippen LogP contribution >= 0.6 is 0 Å². The van der Waals surface area contributed by atoms with Gasteiger partial charge in [0.15, 0.2) is 0 Å². The molecule has 1 fully saturated rings.